The molecule has 2 heterocycles. The van der Waals surface area contributed by atoms with Crippen LogP contribution in [0.2, 0.25) is 0 Å². The maximum atomic E-state index is 13.4. The van der Waals surface area contributed by atoms with E-state index in [2.05, 4.69) is 76.0 Å². The molecule has 1 N–H and O–H groups in total. The molecule has 0 bridgehead atoms. The van der Waals surface area contributed by atoms with Crippen LogP contribution in [0.15, 0.2) is 77.7 Å². The van der Waals surface area contributed by atoms with Gasteiger partial charge >= 0.3 is 0 Å². The molecule has 41 heavy (non-hydrogen) atoms. The lowest BCUT2D eigenvalue weighted by Crippen LogP contribution is -2.49. The Morgan fingerprint density at radius 3 is 2.05 bits per heavy atom. The Kier molecular flexibility index (Phi) is 8.19. The van der Waals surface area contributed by atoms with Crippen LogP contribution < -0.4 is 5.32 Å². The summed E-state index contributed by atoms with van der Waals surface area (Å²) in [6, 6.07) is 23.7. The number of fused-ring (bicyclic) bond motifs is 1. The molecule has 1 aliphatic heterocycles. The number of nitrogens with one attached hydrogen (secondary N) is 1. The summed E-state index contributed by atoms with van der Waals surface area (Å²) >= 11 is 0. The Bertz CT molecular complexity index is 1600. The summed E-state index contributed by atoms with van der Waals surface area (Å²) in [4.78, 5) is 12.5. The molecule has 7 nitrogen and oxygen atoms in total. The van der Waals surface area contributed by atoms with Crippen LogP contribution in [0.5, 0.6) is 0 Å². The number of rotatable bonds is 7. The minimum atomic E-state index is -3.55. The third kappa shape index (κ3) is 6.30. The number of hydrogen-bond donors (Lipinski definition) is 1. The van der Waals surface area contributed by atoms with E-state index in [-0.39, 0.29) is 11.5 Å². The Balaban J connectivity index is 1.32. The van der Waals surface area contributed by atoms with Crippen LogP contribution in [0.25, 0.3) is 10.9 Å². The highest BCUT2D eigenvalue weighted by molar-refractivity contribution is 7.89. The fourth-order valence-corrected chi connectivity index (χ4v) is 6.66. The van der Waals surface area contributed by atoms with Crippen molar-refractivity contribution in [1.82, 2.24) is 19.2 Å². The lowest BCUT2D eigenvalue weighted by atomic mass is 9.87. The molecule has 5 rings (SSSR count). The summed E-state index contributed by atoms with van der Waals surface area (Å²) < 4.78 is 28.4. The van der Waals surface area contributed by atoms with Crippen LogP contribution in [-0.2, 0) is 15.4 Å². The van der Waals surface area contributed by atoms with Gasteiger partial charge in [0.25, 0.3) is 0 Å². The Morgan fingerprint density at radius 2 is 1.44 bits per heavy atom. The first kappa shape index (κ1) is 29.2. The standard InChI is InChI=1S/C33H41N5O2S/c1-23(2)25-11-15-27(16-12-25)34-32-29-9-7-8-10-30(29)35-31(36-32)24(3)37-19-21-38(22-20-37)41(39,40)28-17-13-26(14-18-28)33(4,5)6/h7-18,23-24H,19-22H2,1-6H3,(H,34,35,36)/t24-/m0/s1. The van der Waals surface area contributed by atoms with Gasteiger partial charge in [-0.15, -0.1) is 0 Å². The molecule has 1 aromatic heterocycles. The van der Waals surface area contributed by atoms with Crippen molar-refractivity contribution in [1.29, 1.82) is 0 Å². The van der Waals surface area contributed by atoms with Crippen molar-refractivity contribution in [3.05, 3.63) is 89.7 Å². The van der Waals surface area contributed by atoms with Crippen molar-refractivity contribution in [3.8, 4) is 0 Å². The second-order valence-electron chi connectivity index (χ2n) is 12.2. The van der Waals surface area contributed by atoms with E-state index in [1.165, 1.54) is 5.56 Å². The number of anilines is 2. The molecule has 1 atom stereocenters. The number of para-hydroxylation sites is 1. The minimum Gasteiger partial charge on any atom is -0.340 e. The minimum absolute atomic E-state index is 0.0251. The van der Waals surface area contributed by atoms with Gasteiger partial charge in [-0.05, 0) is 65.8 Å². The lowest BCUT2D eigenvalue weighted by Gasteiger charge is -2.37. The number of nitrogens with zero attached hydrogens (tertiary/aromatic N) is 4. The lowest BCUT2D eigenvalue weighted by molar-refractivity contribution is 0.141. The molecular formula is C33H41N5O2S. The maximum Gasteiger partial charge on any atom is 0.243 e. The first-order valence-electron chi connectivity index (χ1n) is 14.4. The van der Waals surface area contributed by atoms with Crippen molar-refractivity contribution in [3.63, 3.8) is 0 Å². The van der Waals surface area contributed by atoms with Crippen LogP contribution in [0.1, 0.15) is 70.5 Å². The highest BCUT2D eigenvalue weighted by atomic mass is 32.2. The van der Waals surface area contributed by atoms with Crippen LogP contribution in [0, 0.1) is 0 Å². The third-order valence-electron chi connectivity index (χ3n) is 8.01. The van der Waals surface area contributed by atoms with E-state index < -0.39 is 10.0 Å². The third-order valence-corrected chi connectivity index (χ3v) is 9.93. The molecule has 1 aliphatic rings. The van der Waals surface area contributed by atoms with Gasteiger partial charge in [0.2, 0.25) is 10.0 Å². The van der Waals surface area contributed by atoms with Crippen molar-refractivity contribution in [2.24, 2.45) is 0 Å². The normalized spacial score (nSPS) is 16.3. The summed E-state index contributed by atoms with van der Waals surface area (Å²) in [5.41, 5.74) is 4.24. The summed E-state index contributed by atoms with van der Waals surface area (Å²) in [7, 11) is -3.55. The first-order chi connectivity index (χ1) is 19.4. The summed E-state index contributed by atoms with van der Waals surface area (Å²) in [6.07, 6.45) is 0. The zero-order valence-corrected chi connectivity index (χ0v) is 25.7. The number of benzene rings is 3. The Labute approximate surface area is 244 Å². The molecule has 0 amide bonds. The predicted octanol–water partition coefficient (Wildman–Crippen LogP) is 6.86. The van der Waals surface area contributed by atoms with E-state index >= 15 is 0 Å². The topological polar surface area (TPSA) is 78.4 Å². The van der Waals surface area contributed by atoms with Gasteiger partial charge in [-0.1, -0.05) is 71.0 Å². The van der Waals surface area contributed by atoms with Crippen molar-refractivity contribution in [2.75, 3.05) is 31.5 Å². The maximum absolute atomic E-state index is 13.4. The zero-order chi connectivity index (χ0) is 29.4. The number of aromatic nitrogens is 2. The van der Waals surface area contributed by atoms with E-state index in [1.54, 1.807) is 16.4 Å². The smallest absolute Gasteiger partial charge is 0.243 e. The average Bonchev–Trinajstić information content (AvgIpc) is 2.96. The van der Waals surface area contributed by atoms with E-state index in [0.29, 0.717) is 37.0 Å². The van der Waals surface area contributed by atoms with Gasteiger partial charge in [-0.2, -0.15) is 4.31 Å². The molecule has 0 spiro atoms. The van der Waals surface area contributed by atoms with Crippen molar-refractivity contribution >= 4 is 32.4 Å². The summed E-state index contributed by atoms with van der Waals surface area (Å²) in [5, 5.41) is 4.48. The molecule has 216 valence electrons. The van der Waals surface area contributed by atoms with Crippen molar-refractivity contribution in [2.45, 2.75) is 63.8 Å². The van der Waals surface area contributed by atoms with E-state index in [0.717, 1.165) is 33.8 Å². The van der Waals surface area contributed by atoms with Crippen LogP contribution in [-0.4, -0.2) is 53.8 Å². The largest absolute Gasteiger partial charge is 0.340 e. The molecule has 0 radical (unpaired) electrons. The van der Waals surface area contributed by atoms with Gasteiger partial charge in [0, 0.05) is 37.3 Å². The van der Waals surface area contributed by atoms with Crippen LogP contribution in [0.3, 0.4) is 0 Å². The fraction of sp³-hybridized carbons (Fsp3) is 0.394. The highest BCUT2D eigenvalue weighted by Gasteiger charge is 2.31. The molecule has 3 aromatic carbocycles. The van der Waals surface area contributed by atoms with Gasteiger partial charge in [-0.3, -0.25) is 4.90 Å². The van der Waals surface area contributed by atoms with Gasteiger partial charge in [-0.25, -0.2) is 18.4 Å². The van der Waals surface area contributed by atoms with Gasteiger partial charge in [0.05, 0.1) is 16.5 Å². The first-order valence-corrected chi connectivity index (χ1v) is 15.9. The molecule has 1 fully saturated rings. The molecule has 4 aromatic rings. The zero-order valence-electron chi connectivity index (χ0n) is 24.9. The highest BCUT2D eigenvalue weighted by Crippen LogP contribution is 2.30. The summed E-state index contributed by atoms with van der Waals surface area (Å²) in [5.74, 6) is 1.97. The quantitative estimate of drug-likeness (QED) is 0.261. The van der Waals surface area contributed by atoms with E-state index in [9.17, 15) is 8.42 Å². The number of hydrogen-bond acceptors (Lipinski definition) is 6. The molecule has 0 aliphatic carbocycles. The van der Waals surface area contributed by atoms with E-state index in [1.807, 2.05) is 36.4 Å². The van der Waals surface area contributed by atoms with Crippen LogP contribution >= 0.6 is 0 Å². The molecule has 8 heteroatoms. The SMILES string of the molecule is CC(C)c1ccc(Nc2nc([C@H](C)N3CCN(S(=O)(=O)c4ccc(C(C)(C)C)cc4)CC3)nc3ccccc23)cc1. The monoisotopic (exact) mass is 571 g/mol. The van der Waals surface area contributed by atoms with Crippen LogP contribution in [0.4, 0.5) is 11.5 Å². The number of sulfonamides is 1. The molecular weight excluding hydrogens is 530 g/mol. The van der Waals surface area contributed by atoms with E-state index in [4.69, 9.17) is 9.97 Å². The fourth-order valence-electron chi connectivity index (χ4n) is 5.24. The second kappa shape index (κ2) is 11.5. The molecule has 0 unspecified atom stereocenters. The Hall–Kier alpha value is -3.33. The second-order valence-corrected chi connectivity index (χ2v) is 14.2. The Morgan fingerprint density at radius 1 is 0.805 bits per heavy atom. The van der Waals surface area contributed by atoms with Gasteiger partial charge < -0.3 is 5.32 Å². The molecule has 0 saturated carbocycles. The summed E-state index contributed by atoms with van der Waals surface area (Å²) in [6.45, 7) is 14.9. The predicted molar refractivity (Wildman–Crippen MR) is 167 cm³/mol. The van der Waals surface area contributed by atoms with Gasteiger partial charge in [0.15, 0.2) is 0 Å². The van der Waals surface area contributed by atoms with Crippen molar-refractivity contribution < 1.29 is 8.42 Å². The molecule has 1 saturated heterocycles. The number of piperazine rings is 1. The van der Waals surface area contributed by atoms with Gasteiger partial charge in [0.1, 0.15) is 11.6 Å². The average molecular weight is 572 g/mol.